The molecule has 0 unspecified atom stereocenters. The van der Waals surface area contributed by atoms with Gasteiger partial charge in [-0.3, -0.25) is 0 Å². The number of carboxylic acids is 2. The average Bonchev–Trinajstić information content (AvgIpc) is 2.83. The van der Waals surface area contributed by atoms with Crippen molar-refractivity contribution in [2.75, 3.05) is 53.4 Å². The normalized spacial score (nSPS) is 16.8. The number of nitrogens with one attached hydrogen (secondary N) is 2. The van der Waals surface area contributed by atoms with Gasteiger partial charge in [0, 0.05) is 38.3 Å². The summed E-state index contributed by atoms with van der Waals surface area (Å²) in [6.45, 7) is 16.8. The highest BCUT2D eigenvalue weighted by Crippen LogP contribution is 2.20. The van der Waals surface area contributed by atoms with Crippen molar-refractivity contribution in [1.29, 1.82) is 0 Å². The Morgan fingerprint density at radius 1 is 0.675 bits per heavy atom. The quantitative estimate of drug-likeness (QED) is 0.348. The van der Waals surface area contributed by atoms with E-state index in [9.17, 15) is 19.2 Å². The number of rotatable bonds is 6. The number of piperidine rings is 2. The second-order valence-corrected chi connectivity index (χ2v) is 11.9. The van der Waals surface area contributed by atoms with Crippen molar-refractivity contribution in [2.24, 2.45) is 11.8 Å². The van der Waals surface area contributed by atoms with Gasteiger partial charge in [-0.05, 0) is 106 Å². The zero-order chi connectivity index (χ0) is 30.9. The van der Waals surface area contributed by atoms with Crippen LogP contribution in [0.5, 0.6) is 0 Å². The molecule has 0 saturated carbocycles. The maximum absolute atomic E-state index is 11.8. The van der Waals surface area contributed by atoms with E-state index >= 15 is 0 Å². The molecule has 2 saturated heterocycles. The van der Waals surface area contributed by atoms with Crippen molar-refractivity contribution in [3.8, 4) is 0 Å². The Morgan fingerprint density at radius 3 is 1.15 bits per heavy atom. The molecule has 0 aromatic rings. The minimum Gasteiger partial charge on any atom is -0.478 e. The Balaban J connectivity index is 0.000000605. The van der Waals surface area contributed by atoms with E-state index in [0.29, 0.717) is 24.0 Å². The van der Waals surface area contributed by atoms with Gasteiger partial charge in [0.15, 0.2) is 0 Å². The number of ether oxygens (including phenoxy) is 2. The van der Waals surface area contributed by atoms with Gasteiger partial charge in [-0.2, -0.15) is 0 Å². The van der Waals surface area contributed by atoms with Crippen molar-refractivity contribution in [3.05, 3.63) is 12.2 Å². The molecule has 12 nitrogen and oxygen atoms in total. The zero-order valence-electron chi connectivity index (χ0n) is 25.6. The highest BCUT2D eigenvalue weighted by atomic mass is 16.6. The first-order valence-electron chi connectivity index (χ1n) is 13.9. The predicted molar refractivity (Wildman–Crippen MR) is 153 cm³/mol. The van der Waals surface area contributed by atoms with E-state index < -0.39 is 11.9 Å². The van der Waals surface area contributed by atoms with Crippen molar-refractivity contribution in [2.45, 2.75) is 78.4 Å². The smallest absolute Gasteiger partial charge is 0.410 e. The molecule has 2 heterocycles. The van der Waals surface area contributed by atoms with E-state index in [0.717, 1.165) is 65.0 Å². The summed E-state index contributed by atoms with van der Waals surface area (Å²) in [7, 11) is 3.94. The van der Waals surface area contributed by atoms with E-state index in [1.165, 1.54) is 0 Å². The van der Waals surface area contributed by atoms with Crippen LogP contribution in [0.1, 0.15) is 67.2 Å². The van der Waals surface area contributed by atoms with Crippen LogP contribution in [0.4, 0.5) is 9.59 Å². The van der Waals surface area contributed by atoms with Crippen LogP contribution in [0, 0.1) is 11.8 Å². The van der Waals surface area contributed by atoms with Gasteiger partial charge in [-0.1, -0.05) is 0 Å². The highest BCUT2D eigenvalue weighted by molar-refractivity contribution is 5.89. The predicted octanol–water partition coefficient (Wildman–Crippen LogP) is 3.42. The van der Waals surface area contributed by atoms with E-state index in [2.05, 4.69) is 10.6 Å². The summed E-state index contributed by atoms with van der Waals surface area (Å²) in [6, 6.07) is 0. The Bertz CT molecular complexity index is 738. The summed E-state index contributed by atoms with van der Waals surface area (Å²) in [5, 5.41) is 22.0. The standard InChI is InChI=1S/2C12H24N2O2.C4H4O4/c2*1-12(2,3)16-11(15)14-7-5-10(6-8-14)9-13-4;5-3(6)1-2-4(7)8/h2*10,13H,5-9H2,1-4H3;1-2H,(H,5,6)(H,7,8)/b;;2-1+. The zero-order valence-corrected chi connectivity index (χ0v) is 25.6. The first kappa shape index (κ1) is 37.1. The second kappa shape index (κ2) is 18.5. The summed E-state index contributed by atoms with van der Waals surface area (Å²) in [5.41, 5.74) is -0.780. The average molecular weight is 573 g/mol. The molecule has 2 amide bonds. The van der Waals surface area contributed by atoms with Gasteiger partial charge in [0.05, 0.1) is 0 Å². The summed E-state index contributed by atoms with van der Waals surface area (Å²) in [6.07, 6.45) is 5.05. The molecular weight excluding hydrogens is 520 g/mol. The van der Waals surface area contributed by atoms with Gasteiger partial charge in [-0.25, -0.2) is 19.2 Å². The lowest BCUT2D eigenvalue weighted by atomic mass is 9.97. The van der Waals surface area contributed by atoms with Crippen molar-refractivity contribution >= 4 is 24.1 Å². The van der Waals surface area contributed by atoms with Crippen LogP contribution < -0.4 is 10.6 Å². The Hall–Kier alpha value is -2.86. The van der Waals surface area contributed by atoms with Crippen LogP contribution in [0.3, 0.4) is 0 Å². The Kier molecular flexibility index (Phi) is 17.2. The third kappa shape index (κ3) is 19.2. The molecule has 0 aromatic heterocycles. The first-order chi connectivity index (χ1) is 18.5. The second-order valence-electron chi connectivity index (χ2n) is 11.9. The molecule has 4 N–H and O–H groups in total. The van der Waals surface area contributed by atoms with Crippen LogP contribution >= 0.6 is 0 Å². The lowest BCUT2D eigenvalue weighted by Gasteiger charge is -2.33. The van der Waals surface area contributed by atoms with Gasteiger partial charge in [0.25, 0.3) is 0 Å². The maximum atomic E-state index is 11.8. The maximum Gasteiger partial charge on any atom is 0.410 e. The van der Waals surface area contributed by atoms with Gasteiger partial charge < -0.3 is 40.1 Å². The van der Waals surface area contributed by atoms with Gasteiger partial charge in [0.2, 0.25) is 0 Å². The highest BCUT2D eigenvalue weighted by Gasteiger charge is 2.27. The summed E-state index contributed by atoms with van der Waals surface area (Å²) in [5.74, 6) is -1.12. The number of likely N-dealkylation sites (tertiary alicyclic amines) is 2. The molecule has 12 heteroatoms. The Morgan fingerprint density at radius 2 is 0.950 bits per heavy atom. The van der Waals surface area contributed by atoms with Crippen molar-refractivity contribution in [3.63, 3.8) is 0 Å². The fraction of sp³-hybridized carbons (Fsp3) is 0.786. The number of carboxylic acid groups (broad SMARTS) is 2. The van der Waals surface area contributed by atoms with Gasteiger partial charge >= 0.3 is 24.1 Å². The fourth-order valence-corrected chi connectivity index (χ4v) is 4.01. The minimum atomic E-state index is -1.26. The topological polar surface area (TPSA) is 158 Å². The van der Waals surface area contributed by atoms with Crippen molar-refractivity contribution in [1.82, 2.24) is 20.4 Å². The molecular formula is C28H52N4O8. The Labute approximate surface area is 239 Å². The number of hydrogen-bond donors (Lipinski definition) is 4. The van der Waals surface area contributed by atoms with E-state index in [1.54, 1.807) is 0 Å². The molecule has 2 rings (SSSR count). The molecule has 40 heavy (non-hydrogen) atoms. The number of hydrogen-bond acceptors (Lipinski definition) is 8. The number of nitrogens with zero attached hydrogens (tertiary/aromatic N) is 2. The molecule has 2 aliphatic rings. The van der Waals surface area contributed by atoms with Crippen molar-refractivity contribution < 1.29 is 38.9 Å². The van der Waals surface area contributed by atoms with Crippen LogP contribution in [0.2, 0.25) is 0 Å². The third-order valence-electron chi connectivity index (χ3n) is 5.89. The fourth-order valence-electron chi connectivity index (χ4n) is 4.01. The summed E-state index contributed by atoms with van der Waals surface area (Å²) in [4.78, 5) is 46.3. The lowest BCUT2D eigenvalue weighted by molar-refractivity contribution is -0.134. The molecule has 0 aromatic carbocycles. The van der Waals surface area contributed by atoms with E-state index in [1.807, 2.05) is 65.4 Å². The van der Waals surface area contributed by atoms with Crippen LogP contribution in [0.25, 0.3) is 0 Å². The SMILES string of the molecule is CNCC1CCN(C(=O)OC(C)(C)C)CC1.CNCC1CCN(C(=O)OC(C)(C)C)CC1.O=C(O)/C=C/C(=O)O. The van der Waals surface area contributed by atoms with Crippen LogP contribution in [-0.4, -0.2) is 109 Å². The monoisotopic (exact) mass is 572 g/mol. The van der Waals surface area contributed by atoms with Gasteiger partial charge in [-0.15, -0.1) is 0 Å². The third-order valence-corrected chi connectivity index (χ3v) is 5.89. The van der Waals surface area contributed by atoms with Crippen LogP contribution in [-0.2, 0) is 19.1 Å². The molecule has 0 aliphatic carbocycles. The molecule has 0 atom stereocenters. The number of aliphatic carboxylic acids is 2. The minimum absolute atomic E-state index is 0.171. The molecule has 232 valence electrons. The lowest BCUT2D eigenvalue weighted by Crippen LogP contribution is -2.43. The summed E-state index contributed by atoms with van der Waals surface area (Å²) < 4.78 is 10.7. The molecule has 2 fully saturated rings. The van der Waals surface area contributed by atoms with E-state index in [4.69, 9.17) is 19.7 Å². The molecule has 0 bridgehead atoms. The number of carbonyl (C=O) groups excluding carboxylic acids is 2. The number of amides is 2. The van der Waals surface area contributed by atoms with Crippen LogP contribution in [0.15, 0.2) is 12.2 Å². The first-order valence-corrected chi connectivity index (χ1v) is 13.9. The largest absolute Gasteiger partial charge is 0.478 e. The molecule has 2 aliphatic heterocycles. The molecule has 0 spiro atoms. The van der Waals surface area contributed by atoms with E-state index in [-0.39, 0.29) is 23.4 Å². The summed E-state index contributed by atoms with van der Waals surface area (Å²) >= 11 is 0. The van der Waals surface area contributed by atoms with Gasteiger partial charge in [0.1, 0.15) is 11.2 Å². The molecule has 0 radical (unpaired) electrons. The number of carbonyl (C=O) groups is 4.